The first-order valence-electron chi connectivity index (χ1n) is 7.60. The lowest BCUT2D eigenvalue weighted by atomic mass is 10.2. The van der Waals surface area contributed by atoms with Gasteiger partial charge in [0, 0.05) is 30.7 Å². The van der Waals surface area contributed by atoms with Crippen LogP contribution in [0.3, 0.4) is 0 Å². The van der Waals surface area contributed by atoms with E-state index in [4.69, 9.17) is 4.74 Å². The molecule has 1 aromatic rings. The Kier molecular flexibility index (Phi) is 6.05. The van der Waals surface area contributed by atoms with Crippen LogP contribution in [-0.2, 0) is 21.2 Å². The molecule has 23 heavy (non-hydrogen) atoms. The van der Waals surface area contributed by atoms with Crippen molar-refractivity contribution in [3.8, 4) is 0 Å². The van der Waals surface area contributed by atoms with Crippen molar-refractivity contribution >= 4 is 32.0 Å². The van der Waals surface area contributed by atoms with Crippen molar-refractivity contribution in [1.82, 2.24) is 9.21 Å². The van der Waals surface area contributed by atoms with Crippen molar-refractivity contribution in [3.05, 3.63) is 28.2 Å². The highest BCUT2D eigenvalue weighted by molar-refractivity contribution is 9.10. The third kappa shape index (κ3) is 4.05. The van der Waals surface area contributed by atoms with Crippen molar-refractivity contribution in [2.24, 2.45) is 0 Å². The molecule has 0 unspecified atom stereocenters. The molecule has 128 valence electrons. The highest BCUT2D eigenvalue weighted by Gasteiger charge is 2.31. The minimum atomic E-state index is -3.55. The zero-order chi connectivity index (χ0) is 17.0. The molecule has 0 radical (unpaired) electrons. The van der Waals surface area contributed by atoms with Crippen LogP contribution in [0.1, 0.15) is 19.4 Å². The number of piperazine rings is 1. The maximum Gasteiger partial charge on any atom is 0.409 e. The summed E-state index contributed by atoms with van der Waals surface area (Å²) < 4.78 is 33.0. The van der Waals surface area contributed by atoms with E-state index in [0.717, 1.165) is 10.0 Å². The molecule has 1 fully saturated rings. The molecule has 0 aliphatic carbocycles. The van der Waals surface area contributed by atoms with Crippen LogP contribution in [0.25, 0.3) is 0 Å². The van der Waals surface area contributed by atoms with E-state index in [-0.39, 0.29) is 19.2 Å². The lowest BCUT2D eigenvalue weighted by Gasteiger charge is -2.33. The topological polar surface area (TPSA) is 66.9 Å². The number of sulfonamides is 1. The van der Waals surface area contributed by atoms with Gasteiger partial charge in [-0.3, -0.25) is 0 Å². The number of rotatable bonds is 4. The fourth-order valence-electron chi connectivity index (χ4n) is 2.54. The van der Waals surface area contributed by atoms with Crippen molar-refractivity contribution in [2.45, 2.75) is 25.2 Å². The summed E-state index contributed by atoms with van der Waals surface area (Å²) in [7, 11) is -3.55. The summed E-state index contributed by atoms with van der Waals surface area (Å²) >= 11 is 3.37. The SMILES string of the molecule is CCOC(=O)N1CCN(S(=O)(=O)c2ccc(Br)cc2CC)CC1. The van der Waals surface area contributed by atoms with E-state index in [1.54, 1.807) is 19.1 Å². The fraction of sp³-hybridized carbons (Fsp3) is 0.533. The molecule has 1 aromatic carbocycles. The number of benzene rings is 1. The van der Waals surface area contributed by atoms with Crippen molar-refractivity contribution < 1.29 is 17.9 Å². The number of hydrogen-bond donors (Lipinski definition) is 0. The summed E-state index contributed by atoms with van der Waals surface area (Å²) in [6.45, 7) is 5.24. The van der Waals surface area contributed by atoms with Crippen LogP contribution in [0.15, 0.2) is 27.6 Å². The zero-order valence-corrected chi connectivity index (χ0v) is 15.7. The second-order valence-electron chi connectivity index (χ2n) is 5.20. The Hall–Kier alpha value is -1.12. The molecule has 1 aliphatic rings. The van der Waals surface area contributed by atoms with Crippen LogP contribution in [0.4, 0.5) is 4.79 Å². The van der Waals surface area contributed by atoms with Crippen LogP contribution < -0.4 is 0 Å². The summed E-state index contributed by atoms with van der Waals surface area (Å²) in [4.78, 5) is 13.6. The van der Waals surface area contributed by atoms with E-state index in [1.807, 2.05) is 13.0 Å². The summed E-state index contributed by atoms with van der Waals surface area (Å²) in [6.07, 6.45) is 0.249. The van der Waals surface area contributed by atoms with Gasteiger partial charge in [-0.1, -0.05) is 22.9 Å². The molecule has 0 aromatic heterocycles. The molecular weight excluding hydrogens is 384 g/mol. The third-order valence-electron chi connectivity index (χ3n) is 3.79. The number of ether oxygens (including phenoxy) is 1. The molecule has 0 atom stereocenters. The molecule has 0 saturated carbocycles. The number of halogens is 1. The second-order valence-corrected chi connectivity index (χ2v) is 8.02. The fourth-order valence-corrected chi connectivity index (χ4v) is 4.65. The lowest BCUT2D eigenvalue weighted by Crippen LogP contribution is -2.50. The van der Waals surface area contributed by atoms with Crippen LogP contribution in [-0.4, -0.2) is 56.5 Å². The van der Waals surface area contributed by atoms with Gasteiger partial charge in [0.2, 0.25) is 10.0 Å². The molecule has 1 aliphatic heterocycles. The number of aryl methyl sites for hydroxylation is 1. The number of hydrogen-bond acceptors (Lipinski definition) is 4. The molecule has 1 saturated heterocycles. The van der Waals surface area contributed by atoms with Crippen LogP contribution in [0.5, 0.6) is 0 Å². The van der Waals surface area contributed by atoms with E-state index < -0.39 is 10.0 Å². The average Bonchev–Trinajstić information content (AvgIpc) is 2.54. The third-order valence-corrected chi connectivity index (χ3v) is 6.28. The Morgan fingerprint density at radius 2 is 1.87 bits per heavy atom. The average molecular weight is 405 g/mol. The Morgan fingerprint density at radius 3 is 2.43 bits per heavy atom. The molecule has 6 nitrogen and oxygen atoms in total. The normalized spacial score (nSPS) is 16.4. The van der Waals surface area contributed by atoms with Gasteiger partial charge >= 0.3 is 6.09 Å². The van der Waals surface area contributed by atoms with Crippen LogP contribution >= 0.6 is 15.9 Å². The van der Waals surface area contributed by atoms with Gasteiger partial charge in [0.05, 0.1) is 11.5 Å². The number of nitrogens with zero attached hydrogens (tertiary/aromatic N) is 2. The van der Waals surface area contributed by atoms with Gasteiger partial charge in [-0.15, -0.1) is 0 Å². The summed E-state index contributed by atoms with van der Waals surface area (Å²) in [5, 5.41) is 0. The van der Waals surface area contributed by atoms with Gasteiger partial charge in [-0.25, -0.2) is 13.2 Å². The molecule has 1 amide bonds. The first-order chi connectivity index (χ1) is 10.9. The quantitative estimate of drug-likeness (QED) is 0.772. The minimum Gasteiger partial charge on any atom is -0.450 e. The Morgan fingerprint density at radius 1 is 1.22 bits per heavy atom. The standard InChI is InChI=1S/C15H21BrN2O4S/c1-3-12-11-13(16)5-6-14(12)23(20,21)18-9-7-17(8-10-18)15(19)22-4-2/h5-6,11H,3-4,7-10H2,1-2H3. The van der Waals surface area contributed by atoms with Crippen LogP contribution in [0, 0.1) is 0 Å². The first-order valence-corrected chi connectivity index (χ1v) is 9.83. The Labute approximate surface area is 145 Å². The van der Waals surface area contributed by atoms with Gasteiger partial charge in [0.25, 0.3) is 0 Å². The minimum absolute atomic E-state index is 0.278. The summed E-state index contributed by atoms with van der Waals surface area (Å²) in [5.74, 6) is 0. The van der Waals surface area contributed by atoms with Crippen molar-refractivity contribution in [2.75, 3.05) is 32.8 Å². The van der Waals surface area contributed by atoms with E-state index in [2.05, 4.69) is 15.9 Å². The van der Waals surface area contributed by atoms with Gasteiger partial charge in [0.1, 0.15) is 0 Å². The lowest BCUT2D eigenvalue weighted by molar-refractivity contribution is 0.0934. The van der Waals surface area contributed by atoms with Gasteiger partial charge in [0.15, 0.2) is 0 Å². The predicted molar refractivity (Wildman–Crippen MR) is 90.9 cm³/mol. The van der Waals surface area contributed by atoms with E-state index in [1.165, 1.54) is 9.21 Å². The molecule has 0 N–H and O–H groups in total. The number of amides is 1. The van der Waals surface area contributed by atoms with E-state index >= 15 is 0 Å². The van der Waals surface area contributed by atoms with E-state index in [0.29, 0.717) is 31.0 Å². The smallest absolute Gasteiger partial charge is 0.409 e. The summed E-state index contributed by atoms with van der Waals surface area (Å²) in [5.41, 5.74) is 0.784. The van der Waals surface area contributed by atoms with Gasteiger partial charge < -0.3 is 9.64 Å². The van der Waals surface area contributed by atoms with Gasteiger partial charge in [-0.05, 0) is 37.1 Å². The van der Waals surface area contributed by atoms with Crippen molar-refractivity contribution in [1.29, 1.82) is 0 Å². The summed E-state index contributed by atoms with van der Waals surface area (Å²) in [6, 6.07) is 5.21. The Balaban J connectivity index is 2.15. The molecule has 0 bridgehead atoms. The monoisotopic (exact) mass is 404 g/mol. The zero-order valence-electron chi connectivity index (χ0n) is 13.3. The largest absolute Gasteiger partial charge is 0.450 e. The molecular formula is C15H21BrN2O4S. The maximum atomic E-state index is 12.9. The highest BCUT2D eigenvalue weighted by Crippen LogP contribution is 2.25. The predicted octanol–water partition coefficient (Wildman–Crippen LogP) is 2.47. The van der Waals surface area contributed by atoms with Crippen LogP contribution in [0.2, 0.25) is 0 Å². The van der Waals surface area contributed by atoms with Gasteiger partial charge in [-0.2, -0.15) is 4.31 Å². The second kappa shape index (κ2) is 7.63. The Bertz CT molecular complexity index is 670. The molecule has 1 heterocycles. The maximum absolute atomic E-state index is 12.9. The first kappa shape index (κ1) is 18.2. The number of carbonyl (C=O) groups is 1. The number of carbonyl (C=O) groups excluding carboxylic acids is 1. The molecule has 0 spiro atoms. The van der Waals surface area contributed by atoms with Crippen molar-refractivity contribution in [3.63, 3.8) is 0 Å². The van der Waals surface area contributed by atoms with E-state index in [9.17, 15) is 13.2 Å². The molecule has 2 rings (SSSR count). The molecule has 8 heteroatoms. The highest BCUT2D eigenvalue weighted by atomic mass is 79.9.